The van der Waals surface area contributed by atoms with Crippen LogP contribution >= 0.6 is 0 Å². The first kappa shape index (κ1) is 14.2. The number of nitrogens with one attached hydrogen (secondary N) is 1. The summed E-state index contributed by atoms with van der Waals surface area (Å²) < 4.78 is 0. The highest BCUT2D eigenvalue weighted by molar-refractivity contribution is 5.94. The van der Waals surface area contributed by atoms with Gasteiger partial charge in [-0.15, -0.1) is 0 Å². The van der Waals surface area contributed by atoms with Crippen LogP contribution in [0.1, 0.15) is 30.8 Å². The van der Waals surface area contributed by atoms with Gasteiger partial charge < -0.3 is 10.2 Å². The molecule has 0 aromatic carbocycles. The lowest BCUT2D eigenvalue weighted by Crippen LogP contribution is -2.23. The molecule has 0 spiro atoms. The molecule has 5 nitrogen and oxygen atoms in total. The lowest BCUT2D eigenvalue weighted by atomic mass is 10.1. The molecule has 0 atom stereocenters. The van der Waals surface area contributed by atoms with E-state index < -0.39 is 0 Å². The molecule has 0 saturated heterocycles. The van der Waals surface area contributed by atoms with Crippen LogP contribution in [0.4, 0.5) is 5.82 Å². The van der Waals surface area contributed by atoms with E-state index in [-0.39, 0.29) is 17.7 Å². The molecule has 0 saturated carbocycles. The van der Waals surface area contributed by atoms with Gasteiger partial charge in [0.05, 0.1) is 0 Å². The Morgan fingerprint density at radius 2 is 2.00 bits per heavy atom. The minimum Gasteiger partial charge on any atom is -0.343 e. The van der Waals surface area contributed by atoms with E-state index in [4.69, 9.17) is 0 Å². The Hall–Kier alpha value is -1.91. The summed E-state index contributed by atoms with van der Waals surface area (Å²) in [6.07, 6.45) is 0.438. The van der Waals surface area contributed by atoms with Crippen LogP contribution < -0.4 is 5.32 Å². The normalized spacial score (nSPS) is 10.3. The Kier molecular flexibility index (Phi) is 4.83. The number of carbonyl (C=O) groups is 2. The number of carbonyl (C=O) groups excluding carboxylic acids is 2. The Bertz CT molecular complexity index is 442. The molecule has 1 N–H and O–H groups in total. The van der Waals surface area contributed by atoms with Gasteiger partial charge in [0.15, 0.2) is 0 Å². The largest absolute Gasteiger partial charge is 0.343 e. The van der Waals surface area contributed by atoms with Crippen molar-refractivity contribution in [3.8, 4) is 0 Å². The Morgan fingerprint density at radius 3 is 2.56 bits per heavy atom. The second-order valence-electron chi connectivity index (χ2n) is 4.75. The van der Waals surface area contributed by atoms with Gasteiger partial charge in [0.2, 0.25) is 5.91 Å². The maximum atomic E-state index is 11.7. The van der Waals surface area contributed by atoms with Crippen molar-refractivity contribution in [2.75, 3.05) is 19.4 Å². The van der Waals surface area contributed by atoms with E-state index in [9.17, 15) is 9.59 Å². The average Bonchev–Trinajstić information content (AvgIpc) is 2.26. The van der Waals surface area contributed by atoms with Crippen LogP contribution in [0.15, 0.2) is 18.2 Å². The number of aromatic nitrogens is 1. The number of rotatable bonds is 4. The van der Waals surface area contributed by atoms with E-state index >= 15 is 0 Å². The molecule has 98 valence electrons. The van der Waals surface area contributed by atoms with Crippen LogP contribution in [0, 0.1) is 5.92 Å². The second kappa shape index (κ2) is 6.14. The molecule has 1 aromatic heterocycles. The topological polar surface area (TPSA) is 62.3 Å². The molecule has 0 aliphatic rings. The summed E-state index contributed by atoms with van der Waals surface area (Å²) in [5.41, 5.74) is 0.322. The molecule has 0 aliphatic heterocycles. The van der Waals surface area contributed by atoms with E-state index in [1.165, 1.54) is 4.90 Å². The summed E-state index contributed by atoms with van der Waals surface area (Å²) in [5.74, 6) is 0.423. The molecule has 0 bridgehead atoms. The highest BCUT2D eigenvalue weighted by Crippen LogP contribution is 2.08. The Morgan fingerprint density at radius 1 is 1.33 bits per heavy atom. The third kappa shape index (κ3) is 4.16. The van der Waals surface area contributed by atoms with E-state index in [2.05, 4.69) is 10.3 Å². The minimum absolute atomic E-state index is 0.0908. The monoisotopic (exact) mass is 249 g/mol. The number of pyridine rings is 1. The molecule has 0 fully saturated rings. The van der Waals surface area contributed by atoms with Crippen LogP contribution in [0.5, 0.6) is 0 Å². The summed E-state index contributed by atoms with van der Waals surface area (Å²) in [6.45, 7) is 3.94. The Balaban J connectivity index is 2.77. The third-order valence-electron chi connectivity index (χ3n) is 2.24. The van der Waals surface area contributed by atoms with Crippen molar-refractivity contribution in [3.63, 3.8) is 0 Å². The van der Waals surface area contributed by atoms with Gasteiger partial charge in [-0.1, -0.05) is 19.9 Å². The van der Waals surface area contributed by atoms with Crippen molar-refractivity contribution in [1.29, 1.82) is 0 Å². The fraction of sp³-hybridized carbons (Fsp3) is 0.462. The van der Waals surface area contributed by atoms with Crippen molar-refractivity contribution in [3.05, 3.63) is 23.9 Å². The van der Waals surface area contributed by atoms with Crippen molar-refractivity contribution in [1.82, 2.24) is 9.88 Å². The molecule has 5 heteroatoms. The zero-order valence-corrected chi connectivity index (χ0v) is 11.2. The van der Waals surface area contributed by atoms with Gasteiger partial charge in [-0.3, -0.25) is 9.59 Å². The SMILES string of the molecule is CC(C)CC(=O)Nc1cccc(C(=O)N(C)C)n1. The molecule has 2 amide bonds. The zero-order chi connectivity index (χ0) is 13.7. The maximum Gasteiger partial charge on any atom is 0.272 e. The lowest BCUT2D eigenvalue weighted by molar-refractivity contribution is -0.116. The summed E-state index contributed by atoms with van der Waals surface area (Å²) >= 11 is 0. The lowest BCUT2D eigenvalue weighted by Gasteiger charge is -2.11. The molecular formula is C13H19N3O2. The minimum atomic E-state index is -0.185. The number of hydrogen-bond acceptors (Lipinski definition) is 3. The molecule has 1 aromatic rings. The number of anilines is 1. The van der Waals surface area contributed by atoms with Gasteiger partial charge in [-0.2, -0.15) is 0 Å². The van der Waals surface area contributed by atoms with E-state index in [1.807, 2.05) is 13.8 Å². The van der Waals surface area contributed by atoms with Crippen molar-refractivity contribution < 1.29 is 9.59 Å². The van der Waals surface area contributed by atoms with Crippen LogP contribution in [0.3, 0.4) is 0 Å². The van der Waals surface area contributed by atoms with Gasteiger partial charge in [-0.25, -0.2) is 4.98 Å². The predicted molar refractivity (Wildman–Crippen MR) is 70.3 cm³/mol. The fourth-order valence-electron chi connectivity index (χ4n) is 1.42. The van der Waals surface area contributed by atoms with Gasteiger partial charge in [-0.05, 0) is 18.1 Å². The van der Waals surface area contributed by atoms with E-state index in [1.54, 1.807) is 32.3 Å². The van der Waals surface area contributed by atoms with Gasteiger partial charge in [0.25, 0.3) is 5.91 Å². The molecule has 0 unspecified atom stereocenters. The standard InChI is InChI=1S/C13H19N3O2/c1-9(2)8-12(17)15-11-7-5-6-10(14-11)13(18)16(3)4/h5-7,9H,8H2,1-4H3,(H,14,15,17). The third-order valence-corrected chi connectivity index (χ3v) is 2.24. The predicted octanol–water partition coefficient (Wildman–Crippen LogP) is 1.77. The van der Waals surface area contributed by atoms with Crippen molar-refractivity contribution in [2.45, 2.75) is 20.3 Å². The summed E-state index contributed by atoms with van der Waals surface area (Å²) in [6, 6.07) is 5.00. The fourth-order valence-corrected chi connectivity index (χ4v) is 1.42. The molecular weight excluding hydrogens is 230 g/mol. The second-order valence-corrected chi connectivity index (χ2v) is 4.75. The molecule has 1 heterocycles. The van der Waals surface area contributed by atoms with Gasteiger partial charge in [0, 0.05) is 20.5 Å². The van der Waals surface area contributed by atoms with E-state index in [0.29, 0.717) is 17.9 Å². The summed E-state index contributed by atoms with van der Waals surface area (Å²) in [5, 5.41) is 2.69. The molecule has 18 heavy (non-hydrogen) atoms. The summed E-state index contributed by atoms with van der Waals surface area (Å²) in [7, 11) is 3.32. The van der Waals surface area contributed by atoms with Crippen molar-refractivity contribution >= 4 is 17.6 Å². The first-order valence-corrected chi connectivity index (χ1v) is 5.88. The highest BCUT2D eigenvalue weighted by Gasteiger charge is 2.11. The highest BCUT2D eigenvalue weighted by atomic mass is 16.2. The van der Waals surface area contributed by atoms with Crippen molar-refractivity contribution in [2.24, 2.45) is 5.92 Å². The number of hydrogen-bond donors (Lipinski definition) is 1. The Labute approximate surface area is 107 Å². The molecule has 0 aliphatic carbocycles. The molecule has 1 rings (SSSR count). The smallest absolute Gasteiger partial charge is 0.272 e. The van der Waals surface area contributed by atoms with Gasteiger partial charge in [0.1, 0.15) is 11.5 Å². The van der Waals surface area contributed by atoms with Crippen LogP contribution in [-0.2, 0) is 4.79 Å². The molecule has 0 radical (unpaired) electrons. The van der Waals surface area contributed by atoms with Crippen LogP contribution in [0.2, 0.25) is 0 Å². The van der Waals surface area contributed by atoms with Crippen LogP contribution in [0.25, 0.3) is 0 Å². The van der Waals surface area contributed by atoms with Gasteiger partial charge >= 0.3 is 0 Å². The van der Waals surface area contributed by atoms with E-state index in [0.717, 1.165) is 0 Å². The average molecular weight is 249 g/mol. The van der Waals surface area contributed by atoms with Crippen LogP contribution in [-0.4, -0.2) is 35.8 Å². The number of amides is 2. The summed E-state index contributed by atoms with van der Waals surface area (Å²) in [4.78, 5) is 28.9. The quantitative estimate of drug-likeness (QED) is 0.884. The first-order chi connectivity index (χ1) is 8.40. The first-order valence-electron chi connectivity index (χ1n) is 5.88. The number of nitrogens with zero attached hydrogens (tertiary/aromatic N) is 2. The zero-order valence-electron chi connectivity index (χ0n) is 11.2. The maximum absolute atomic E-state index is 11.7.